The number of aromatic nitrogens is 3. The fraction of sp³-hybridized carbons (Fsp3) is 0. The van der Waals surface area contributed by atoms with Crippen LogP contribution in [0.1, 0.15) is 5.56 Å². The number of benzene rings is 3. The minimum Gasteiger partial charge on any atom is -0.366 e. The Bertz CT molecular complexity index is 1440. The third kappa shape index (κ3) is 9.29. The predicted octanol–water partition coefficient (Wildman–Crippen LogP) is 7.78. The fourth-order valence-corrected chi connectivity index (χ4v) is 3.39. The van der Waals surface area contributed by atoms with Crippen LogP contribution < -0.4 is 0 Å². The SMILES string of the molecule is [C-]#Cc1ccccc1.[Ir+3].[c-]1ccccc1-c1cccc(-c2ccccn2)n1.[c-]1ccccc1-c1ccccn1. The fourth-order valence-electron chi connectivity index (χ4n) is 3.39. The van der Waals surface area contributed by atoms with Gasteiger partial charge in [-0.3, -0.25) is 15.9 Å². The molecule has 0 saturated heterocycles. The summed E-state index contributed by atoms with van der Waals surface area (Å²) in [4.78, 5) is 13.1. The van der Waals surface area contributed by atoms with E-state index in [4.69, 9.17) is 6.42 Å². The van der Waals surface area contributed by atoms with E-state index in [1.165, 1.54) is 0 Å². The van der Waals surface area contributed by atoms with Crippen LogP contribution in [0.4, 0.5) is 0 Å². The number of hydrogen-bond acceptors (Lipinski definition) is 3. The molecule has 0 fully saturated rings. The third-order valence-corrected chi connectivity index (χ3v) is 5.23. The van der Waals surface area contributed by atoms with Gasteiger partial charge >= 0.3 is 20.1 Å². The zero-order valence-electron chi connectivity index (χ0n) is 21.0. The van der Waals surface area contributed by atoms with Gasteiger partial charge in [0.1, 0.15) is 0 Å². The minimum atomic E-state index is 0. The van der Waals surface area contributed by atoms with E-state index in [9.17, 15) is 0 Å². The van der Waals surface area contributed by atoms with Crippen LogP contribution in [-0.2, 0) is 20.1 Å². The smallest absolute Gasteiger partial charge is 0.366 e. The molecule has 0 atom stereocenters. The Kier molecular flexibility index (Phi) is 12.0. The first-order chi connectivity index (χ1) is 18.8. The third-order valence-electron chi connectivity index (χ3n) is 5.23. The molecule has 3 aromatic heterocycles. The van der Waals surface area contributed by atoms with E-state index in [0.29, 0.717) is 0 Å². The summed E-state index contributed by atoms with van der Waals surface area (Å²) in [5.74, 6) is 2.28. The maximum absolute atomic E-state index is 6.69. The molecule has 3 heterocycles. The van der Waals surface area contributed by atoms with Crippen LogP contribution >= 0.6 is 0 Å². The van der Waals surface area contributed by atoms with Crippen LogP contribution in [-0.4, -0.2) is 15.0 Å². The Balaban J connectivity index is 0.000000173. The molecule has 39 heavy (non-hydrogen) atoms. The summed E-state index contributed by atoms with van der Waals surface area (Å²) < 4.78 is 0. The molecule has 6 aromatic rings. The van der Waals surface area contributed by atoms with Gasteiger partial charge in [-0.15, -0.1) is 89.5 Å². The van der Waals surface area contributed by atoms with Crippen molar-refractivity contribution in [3.8, 4) is 39.8 Å². The first-order valence-electron chi connectivity index (χ1n) is 12.0. The van der Waals surface area contributed by atoms with E-state index in [1.54, 1.807) is 12.4 Å². The summed E-state index contributed by atoms with van der Waals surface area (Å²) in [5, 5.41) is 0. The van der Waals surface area contributed by atoms with Gasteiger partial charge in [-0.25, -0.2) is 0 Å². The average Bonchev–Trinajstić information content (AvgIpc) is 3.04. The van der Waals surface area contributed by atoms with E-state index < -0.39 is 0 Å². The van der Waals surface area contributed by atoms with Crippen LogP contribution in [0.5, 0.6) is 0 Å². The second kappa shape index (κ2) is 16.2. The Labute approximate surface area is 244 Å². The monoisotopic (exact) mass is 679 g/mol. The van der Waals surface area contributed by atoms with Crippen LogP contribution in [0.2, 0.25) is 0 Å². The van der Waals surface area contributed by atoms with E-state index in [2.05, 4.69) is 33.0 Å². The van der Waals surface area contributed by atoms with Crippen LogP contribution in [0.25, 0.3) is 33.9 Å². The van der Waals surface area contributed by atoms with E-state index >= 15 is 0 Å². The van der Waals surface area contributed by atoms with Gasteiger partial charge in [0.2, 0.25) is 0 Å². The Morgan fingerprint density at radius 3 is 1.51 bits per heavy atom. The quantitative estimate of drug-likeness (QED) is 0.142. The number of nitrogens with zero attached hydrogens (tertiary/aromatic N) is 3. The average molecular weight is 679 g/mol. The van der Waals surface area contributed by atoms with Crippen molar-refractivity contribution < 1.29 is 20.1 Å². The van der Waals surface area contributed by atoms with Crippen LogP contribution in [0.3, 0.4) is 0 Å². The van der Waals surface area contributed by atoms with Gasteiger partial charge in [-0.05, 0) is 35.7 Å². The molecule has 0 radical (unpaired) electrons. The summed E-state index contributed by atoms with van der Waals surface area (Å²) in [6, 6.07) is 49.0. The summed E-state index contributed by atoms with van der Waals surface area (Å²) in [6.07, 6.45) is 10.3. The molecular weight excluding hydrogens is 655 g/mol. The largest absolute Gasteiger partial charge is 3.00 e. The van der Waals surface area contributed by atoms with Gasteiger partial charge in [0, 0.05) is 12.4 Å². The molecule has 0 spiro atoms. The molecule has 0 N–H and O–H groups in total. The van der Waals surface area contributed by atoms with Gasteiger partial charge in [0.05, 0.1) is 11.4 Å². The second-order valence-corrected chi connectivity index (χ2v) is 7.88. The Morgan fingerprint density at radius 1 is 0.487 bits per heavy atom. The normalized spacial score (nSPS) is 9.31. The van der Waals surface area contributed by atoms with Crippen LogP contribution in [0, 0.1) is 24.5 Å². The summed E-state index contributed by atoms with van der Waals surface area (Å²) in [5.41, 5.74) is 6.51. The number of pyridine rings is 3. The molecule has 0 saturated carbocycles. The van der Waals surface area contributed by atoms with Crippen molar-refractivity contribution >= 4 is 0 Å². The molecule has 188 valence electrons. The topological polar surface area (TPSA) is 38.7 Å². The maximum Gasteiger partial charge on any atom is 3.00 e. The Morgan fingerprint density at radius 2 is 1.00 bits per heavy atom. The van der Waals surface area contributed by atoms with E-state index in [0.717, 1.165) is 39.5 Å². The molecule has 6 rings (SSSR count). The van der Waals surface area contributed by atoms with Crippen molar-refractivity contribution in [2.24, 2.45) is 0 Å². The second-order valence-electron chi connectivity index (χ2n) is 7.88. The van der Waals surface area contributed by atoms with Gasteiger partial charge in [0.25, 0.3) is 0 Å². The van der Waals surface area contributed by atoms with Crippen molar-refractivity contribution in [1.82, 2.24) is 15.0 Å². The van der Waals surface area contributed by atoms with E-state index in [1.807, 2.05) is 133 Å². The molecule has 3 aromatic carbocycles. The molecule has 0 unspecified atom stereocenters. The molecule has 0 aliphatic rings. The first-order valence-corrected chi connectivity index (χ1v) is 12.0. The molecule has 0 bridgehead atoms. The van der Waals surface area contributed by atoms with Crippen molar-refractivity contribution in [2.75, 3.05) is 0 Å². The zero-order chi connectivity index (χ0) is 26.3. The number of hydrogen-bond donors (Lipinski definition) is 0. The van der Waals surface area contributed by atoms with Crippen LogP contribution in [0.15, 0.2) is 146 Å². The first kappa shape index (κ1) is 28.9. The van der Waals surface area contributed by atoms with Gasteiger partial charge in [-0.2, -0.15) is 0 Å². The molecule has 4 heteroatoms. The predicted molar refractivity (Wildman–Crippen MR) is 153 cm³/mol. The summed E-state index contributed by atoms with van der Waals surface area (Å²) in [7, 11) is 0. The van der Waals surface area contributed by atoms with Crippen molar-refractivity contribution in [3.63, 3.8) is 0 Å². The van der Waals surface area contributed by atoms with Gasteiger partial charge < -0.3 is 11.4 Å². The standard InChI is InChI=1S/C16H11N2.C11H8N.C8H5.Ir/c1-2-7-13(8-3-1)14-10-6-11-16(18-14)15-9-4-5-12-17-15;1-2-6-10(7-3-1)11-8-4-5-9-12-11;1-2-8-6-4-3-5-7-8;/h1-7,9-12H;1-6,8-9H;3-7H;/q3*-1;+3. The maximum atomic E-state index is 6.69. The summed E-state index contributed by atoms with van der Waals surface area (Å²) in [6.45, 7) is 0. The zero-order valence-corrected chi connectivity index (χ0v) is 23.4. The number of rotatable bonds is 3. The van der Waals surface area contributed by atoms with Gasteiger partial charge in [0.15, 0.2) is 0 Å². The minimum absolute atomic E-state index is 0. The summed E-state index contributed by atoms with van der Waals surface area (Å²) >= 11 is 0. The molecule has 0 aliphatic carbocycles. The molecule has 0 amide bonds. The molecule has 0 aliphatic heterocycles. The van der Waals surface area contributed by atoms with Gasteiger partial charge in [-0.1, -0.05) is 48.5 Å². The molecule has 3 nitrogen and oxygen atoms in total. The van der Waals surface area contributed by atoms with Crippen molar-refractivity contribution in [1.29, 1.82) is 0 Å². The van der Waals surface area contributed by atoms with E-state index in [-0.39, 0.29) is 20.1 Å². The van der Waals surface area contributed by atoms with Crippen molar-refractivity contribution in [2.45, 2.75) is 0 Å². The molecular formula is C35H24IrN3. The van der Waals surface area contributed by atoms with Crippen molar-refractivity contribution in [3.05, 3.63) is 170 Å². The Hall–Kier alpha value is -4.68.